The molecule has 0 amide bonds. The second-order valence-corrected chi connectivity index (χ2v) is 3.71. The second-order valence-electron chi connectivity index (χ2n) is 3.71. The van der Waals surface area contributed by atoms with Crippen molar-refractivity contribution in [2.24, 2.45) is 0 Å². The third-order valence-corrected chi connectivity index (χ3v) is 2.48. The Bertz CT molecular complexity index is 448. The summed E-state index contributed by atoms with van der Waals surface area (Å²) in [5.41, 5.74) is -0.507. The van der Waals surface area contributed by atoms with E-state index in [0.29, 0.717) is 17.7 Å². The van der Waals surface area contributed by atoms with Crippen LogP contribution in [0.3, 0.4) is 0 Å². The molecule has 0 radical (unpaired) electrons. The van der Waals surface area contributed by atoms with Gasteiger partial charge in [0.2, 0.25) is 0 Å². The lowest BCUT2D eigenvalue weighted by atomic mass is 10.1. The molecule has 1 unspecified atom stereocenters. The number of hydrogen-bond donors (Lipinski definition) is 0. The Morgan fingerprint density at radius 3 is 2.81 bits per heavy atom. The zero-order valence-electron chi connectivity index (χ0n) is 8.44. The van der Waals surface area contributed by atoms with E-state index >= 15 is 0 Å². The van der Waals surface area contributed by atoms with Gasteiger partial charge in [-0.15, -0.1) is 0 Å². The first-order chi connectivity index (χ1) is 7.49. The van der Waals surface area contributed by atoms with Crippen molar-refractivity contribution in [3.05, 3.63) is 33.4 Å². The molecule has 1 heterocycles. The molecule has 0 fully saturated rings. The maximum atomic E-state index is 12.6. The number of benzene rings is 1. The Morgan fingerprint density at radius 1 is 1.56 bits per heavy atom. The Morgan fingerprint density at radius 2 is 2.25 bits per heavy atom. The fraction of sp³-hybridized carbons (Fsp3) is 0.400. The summed E-state index contributed by atoms with van der Waals surface area (Å²) < 4.78 is 30.5. The first-order valence-electron chi connectivity index (χ1n) is 4.75. The SMILES string of the molecule is CC1Cc2cc([N+](=O)[O-])c(C(F)F)cc2O1. The molecule has 0 saturated carbocycles. The summed E-state index contributed by atoms with van der Waals surface area (Å²) >= 11 is 0. The number of rotatable bonds is 2. The summed E-state index contributed by atoms with van der Waals surface area (Å²) in [6.45, 7) is 1.79. The van der Waals surface area contributed by atoms with E-state index in [0.717, 1.165) is 6.07 Å². The minimum atomic E-state index is -2.87. The Balaban J connectivity index is 2.54. The molecule has 0 bridgehead atoms. The average Bonchev–Trinajstić information content (AvgIpc) is 2.54. The number of fused-ring (bicyclic) bond motifs is 1. The third kappa shape index (κ3) is 1.70. The van der Waals surface area contributed by atoms with Crippen molar-refractivity contribution < 1.29 is 18.4 Å². The topological polar surface area (TPSA) is 52.4 Å². The summed E-state index contributed by atoms with van der Waals surface area (Å²) in [4.78, 5) is 9.85. The molecule has 86 valence electrons. The molecule has 1 aromatic rings. The van der Waals surface area contributed by atoms with Crippen LogP contribution in [0.1, 0.15) is 24.5 Å². The van der Waals surface area contributed by atoms with Gasteiger partial charge in [-0.2, -0.15) is 0 Å². The summed E-state index contributed by atoms with van der Waals surface area (Å²) in [6, 6.07) is 2.25. The average molecular weight is 229 g/mol. The number of nitro benzene ring substituents is 1. The number of nitrogens with zero attached hydrogens (tertiary/aromatic N) is 1. The minimum absolute atomic E-state index is 0.123. The van der Waals surface area contributed by atoms with Crippen LogP contribution in [0.2, 0.25) is 0 Å². The van der Waals surface area contributed by atoms with Crippen molar-refractivity contribution >= 4 is 5.69 Å². The van der Waals surface area contributed by atoms with Gasteiger partial charge in [-0.1, -0.05) is 0 Å². The predicted molar refractivity (Wildman–Crippen MR) is 51.8 cm³/mol. The normalized spacial score (nSPS) is 18.4. The van der Waals surface area contributed by atoms with E-state index in [1.54, 1.807) is 6.92 Å². The summed E-state index contributed by atoms with van der Waals surface area (Å²) in [7, 11) is 0. The minimum Gasteiger partial charge on any atom is -0.490 e. The highest BCUT2D eigenvalue weighted by molar-refractivity contribution is 5.52. The first kappa shape index (κ1) is 10.8. The quantitative estimate of drug-likeness (QED) is 0.578. The summed E-state index contributed by atoms with van der Waals surface area (Å²) in [5.74, 6) is 0.327. The van der Waals surface area contributed by atoms with E-state index < -0.39 is 22.6 Å². The van der Waals surface area contributed by atoms with E-state index in [1.165, 1.54) is 6.07 Å². The van der Waals surface area contributed by atoms with Gasteiger partial charge in [0.1, 0.15) is 11.9 Å². The standard InChI is InChI=1S/C10H9F2NO3/c1-5-2-6-3-8(13(14)15)7(10(11)12)4-9(6)16-5/h3-5,10H,2H2,1H3. The fourth-order valence-corrected chi connectivity index (χ4v) is 1.80. The molecule has 6 heteroatoms. The molecule has 0 N–H and O–H groups in total. The number of alkyl halides is 2. The largest absolute Gasteiger partial charge is 0.490 e. The lowest BCUT2D eigenvalue weighted by Gasteiger charge is -2.05. The van der Waals surface area contributed by atoms with Gasteiger partial charge in [-0.3, -0.25) is 10.1 Å². The first-order valence-corrected chi connectivity index (χ1v) is 4.75. The number of nitro groups is 1. The van der Waals surface area contributed by atoms with Crippen LogP contribution in [-0.4, -0.2) is 11.0 Å². The van der Waals surface area contributed by atoms with Gasteiger partial charge < -0.3 is 4.74 Å². The molecule has 1 aliphatic rings. The van der Waals surface area contributed by atoms with Crippen molar-refractivity contribution in [3.8, 4) is 5.75 Å². The van der Waals surface area contributed by atoms with Crippen LogP contribution in [0.5, 0.6) is 5.75 Å². The van der Waals surface area contributed by atoms with Gasteiger partial charge in [0.15, 0.2) is 0 Å². The molecule has 0 saturated heterocycles. The summed E-state index contributed by atoms with van der Waals surface area (Å²) in [6.07, 6.45) is -2.48. The molecule has 1 aliphatic heterocycles. The van der Waals surface area contributed by atoms with Gasteiger partial charge in [-0.05, 0) is 13.0 Å². The third-order valence-electron chi connectivity index (χ3n) is 2.48. The maximum absolute atomic E-state index is 12.6. The molecule has 0 aromatic heterocycles. The van der Waals surface area contributed by atoms with Crippen LogP contribution < -0.4 is 4.74 Å². The molecule has 1 aromatic carbocycles. The van der Waals surface area contributed by atoms with E-state index in [1.807, 2.05) is 0 Å². The highest BCUT2D eigenvalue weighted by Gasteiger charge is 2.28. The Hall–Kier alpha value is -1.72. The fourth-order valence-electron chi connectivity index (χ4n) is 1.80. The van der Waals surface area contributed by atoms with Crippen LogP contribution in [-0.2, 0) is 6.42 Å². The number of halogens is 2. The van der Waals surface area contributed by atoms with Crippen molar-refractivity contribution in [1.82, 2.24) is 0 Å². The smallest absolute Gasteiger partial charge is 0.278 e. The van der Waals surface area contributed by atoms with E-state index in [9.17, 15) is 18.9 Å². The van der Waals surface area contributed by atoms with Crippen LogP contribution in [0.25, 0.3) is 0 Å². The zero-order valence-corrected chi connectivity index (χ0v) is 8.44. The molecular weight excluding hydrogens is 220 g/mol. The van der Waals surface area contributed by atoms with Crippen molar-refractivity contribution in [1.29, 1.82) is 0 Å². The molecule has 0 spiro atoms. The van der Waals surface area contributed by atoms with Crippen molar-refractivity contribution in [3.63, 3.8) is 0 Å². The zero-order chi connectivity index (χ0) is 11.9. The highest BCUT2D eigenvalue weighted by Crippen LogP contribution is 2.38. The Labute approximate surface area is 90.0 Å². The predicted octanol–water partition coefficient (Wildman–Crippen LogP) is 2.86. The lowest BCUT2D eigenvalue weighted by molar-refractivity contribution is -0.386. The summed E-state index contributed by atoms with van der Waals surface area (Å²) in [5, 5.41) is 10.6. The number of hydrogen-bond acceptors (Lipinski definition) is 3. The Kier molecular flexibility index (Phi) is 2.49. The highest BCUT2D eigenvalue weighted by atomic mass is 19.3. The molecular formula is C10H9F2NO3. The molecule has 1 atom stereocenters. The molecule has 4 nitrogen and oxygen atoms in total. The lowest BCUT2D eigenvalue weighted by Crippen LogP contribution is -2.05. The van der Waals surface area contributed by atoms with E-state index in [-0.39, 0.29) is 6.10 Å². The molecule has 2 rings (SSSR count). The van der Waals surface area contributed by atoms with Gasteiger partial charge in [0.05, 0.1) is 10.5 Å². The maximum Gasteiger partial charge on any atom is 0.278 e. The molecule has 0 aliphatic carbocycles. The van der Waals surface area contributed by atoms with Crippen molar-refractivity contribution in [2.45, 2.75) is 25.9 Å². The van der Waals surface area contributed by atoms with E-state index in [4.69, 9.17) is 4.74 Å². The van der Waals surface area contributed by atoms with Gasteiger partial charge in [0, 0.05) is 18.1 Å². The van der Waals surface area contributed by atoms with Crippen LogP contribution >= 0.6 is 0 Å². The molecule has 16 heavy (non-hydrogen) atoms. The van der Waals surface area contributed by atoms with Crippen LogP contribution in [0, 0.1) is 10.1 Å². The van der Waals surface area contributed by atoms with Gasteiger partial charge >= 0.3 is 0 Å². The van der Waals surface area contributed by atoms with Crippen molar-refractivity contribution in [2.75, 3.05) is 0 Å². The second kappa shape index (κ2) is 3.70. The van der Waals surface area contributed by atoms with Crippen LogP contribution in [0.4, 0.5) is 14.5 Å². The van der Waals surface area contributed by atoms with Gasteiger partial charge in [-0.25, -0.2) is 8.78 Å². The monoisotopic (exact) mass is 229 g/mol. The van der Waals surface area contributed by atoms with Gasteiger partial charge in [0.25, 0.3) is 12.1 Å². The van der Waals surface area contributed by atoms with Crippen LogP contribution in [0.15, 0.2) is 12.1 Å². The number of ether oxygens (including phenoxy) is 1. The van der Waals surface area contributed by atoms with E-state index in [2.05, 4.69) is 0 Å².